The van der Waals surface area contributed by atoms with Crippen molar-refractivity contribution < 1.29 is 28.2 Å². The topological polar surface area (TPSA) is 75.6 Å². The summed E-state index contributed by atoms with van der Waals surface area (Å²) in [5, 5.41) is 11.8. The highest BCUT2D eigenvalue weighted by Crippen LogP contribution is 2.44. The Kier molecular flexibility index (Phi) is 6.16. The number of fused-ring (bicyclic) bond motifs is 3. The second-order valence-corrected chi connectivity index (χ2v) is 7.61. The van der Waals surface area contributed by atoms with E-state index in [0.29, 0.717) is 5.56 Å². The van der Waals surface area contributed by atoms with Crippen molar-refractivity contribution >= 4 is 12.1 Å². The molecule has 1 atom stereocenters. The standard InChI is InChI=1S/C25H21F2NO4/c26-23(27)16-11-9-15(10-12-16)13-22(24(29)30)28-25(31)32-14-21-19-7-3-1-5-17(19)18-6-2-4-8-20(18)21/h1-12,21-23H,13-14H2,(H,28,31)(H,29,30)/t22-/m1/s1. The summed E-state index contributed by atoms with van der Waals surface area (Å²) >= 11 is 0. The van der Waals surface area contributed by atoms with Gasteiger partial charge in [-0.05, 0) is 27.8 Å². The number of alkyl halides is 2. The van der Waals surface area contributed by atoms with Crippen LogP contribution in [0.4, 0.5) is 13.6 Å². The van der Waals surface area contributed by atoms with Crippen LogP contribution in [0.15, 0.2) is 72.8 Å². The minimum absolute atomic E-state index is 0.0525. The summed E-state index contributed by atoms with van der Waals surface area (Å²) in [5.41, 5.74) is 4.65. The van der Waals surface area contributed by atoms with Crippen LogP contribution in [-0.2, 0) is 16.0 Å². The van der Waals surface area contributed by atoms with E-state index < -0.39 is 24.5 Å². The maximum Gasteiger partial charge on any atom is 0.407 e. The fourth-order valence-corrected chi connectivity index (χ4v) is 4.02. The fourth-order valence-electron chi connectivity index (χ4n) is 4.02. The van der Waals surface area contributed by atoms with E-state index in [4.69, 9.17) is 4.74 Å². The van der Waals surface area contributed by atoms with Gasteiger partial charge in [-0.25, -0.2) is 18.4 Å². The smallest absolute Gasteiger partial charge is 0.407 e. The average molecular weight is 437 g/mol. The number of carbonyl (C=O) groups excluding carboxylic acids is 1. The zero-order valence-corrected chi connectivity index (χ0v) is 17.0. The number of nitrogens with one attached hydrogen (secondary N) is 1. The average Bonchev–Trinajstić information content (AvgIpc) is 3.11. The predicted molar refractivity (Wildman–Crippen MR) is 115 cm³/mol. The Morgan fingerprint density at radius 3 is 2.00 bits per heavy atom. The highest BCUT2D eigenvalue weighted by molar-refractivity contribution is 5.81. The van der Waals surface area contributed by atoms with Gasteiger partial charge in [0.05, 0.1) is 0 Å². The second kappa shape index (κ2) is 9.18. The number of hydrogen-bond acceptors (Lipinski definition) is 3. The number of carbonyl (C=O) groups is 2. The molecule has 0 spiro atoms. The lowest BCUT2D eigenvalue weighted by molar-refractivity contribution is -0.139. The maximum absolute atomic E-state index is 12.7. The first kappa shape index (κ1) is 21.5. The van der Waals surface area contributed by atoms with Crippen molar-refractivity contribution in [2.24, 2.45) is 0 Å². The summed E-state index contributed by atoms with van der Waals surface area (Å²) in [6, 6.07) is 19.9. The van der Waals surface area contributed by atoms with Crippen LogP contribution >= 0.6 is 0 Å². The van der Waals surface area contributed by atoms with Crippen molar-refractivity contribution in [2.75, 3.05) is 6.61 Å². The molecule has 1 aliphatic carbocycles. The molecule has 0 bridgehead atoms. The number of alkyl carbamates (subject to hydrolysis) is 1. The monoisotopic (exact) mass is 437 g/mol. The lowest BCUT2D eigenvalue weighted by Gasteiger charge is -2.17. The minimum Gasteiger partial charge on any atom is -0.480 e. The molecule has 0 fully saturated rings. The quantitative estimate of drug-likeness (QED) is 0.536. The zero-order chi connectivity index (χ0) is 22.7. The van der Waals surface area contributed by atoms with Crippen LogP contribution in [0, 0.1) is 0 Å². The van der Waals surface area contributed by atoms with E-state index >= 15 is 0 Å². The number of carboxylic acid groups (broad SMARTS) is 1. The molecule has 0 aromatic heterocycles. The number of ether oxygens (including phenoxy) is 1. The minimum atomic E-state index is -2.60. The summed E-state index contributed by atoms with van der Waals surface area (Å²) in [7, 11) is 0. The van der Waals surface area contributed by atoms with Crippen LogP contribution in [0.2, 0.25) is 0 Å². The predicted octanol–water partition coefficient (Wildman–Crippen LogP) is 5.16. The van der Waals surface area contributed by atoms with Crippen molar-refractivity contribution in [1.82, 2.24) is 5.32 Å². The van der Waals surface area contributed by atoms with Gasteiger partial charge in [0.25, 0.3) is 6.43 Å². The van der Waals surface area contributed by atoms with Gasteiger partial charge in [-0.2, -0.15) is 0 Å². The van der Waals surface area contributed by atoms with Crippen molar-refractivity contribution in [3.63, 3.8) is 0 Å². The summed E-state index contributed by atoms with van der Waals surface area (Å²) in [6.45, 7) is 0.0648. The molecule has 0 unspecified atom stereocenters. The van der Waals surface area contributed by atoms with Gasteiger partial charge in [-0.1, -0.05) is 72.8 Å². The fraction of sp³-hybridized carbons (Fsp3) is 0.200. The first-order valence-corrected chi connectivity index (χ1v) is 10.2. The molecule has 32 heavy (non-hydrogen) atoms. The van der Waals surface area contributed by atoms with Crippen LogP contribution in [-0.4, -0.2) is 29.8 Å². The molecule has 0 aliphatic heterocycles. The van der Waals surface area contributed by atoms with Gasteiger partial charge in [-0.3, -0.25) is 0 Å². The molecule has 3 aromatic rings. The second-order valence-electron chi connectivity index (χ2n) is 7.61. The number of aliphatic carboxylic acids is 1. The summed E-state index contributed by atoms with van der Waals surface area (Å²) < 4.78 is 30.8. The Bertz CT molecular complexity index is 1090. The Morgan fingerprint density at radius 1 is 0.906 bits per heavy atom. The van der Waals surface area contributed by atoms with Crippen LogP contribution < -0.4 is 5.32 Å². The van der Waals surface area contributed by atoms with Gasteiger partial charge >= 0.3 is 12.1 Å². The van der Waals surface area contributed by atoms with Crippen molar-refractivity contribution in [3.8, 4) is 11.1 Å². The maximum atomic E-state index is 12.7. The van der Waals surface area contributed by atoms with E-state index in [1.165, 1.54) is 24.3 Å². The van der Waals surface area contributed by atoms with Gasteiger partial charge in [0.1, 0.15) is 12.6 Å². The molecular weight excluding hydrogens is 416 g/mol. The van der Waals surface area contributed by atoms with Crippen LogP contribution in [0.5, 0.6) is 0 Å². The number of amides is 1. The van der Waals surface area contributed by atoms with Gasteiger partial charge in [0, 0.05) is 17.9 Å². The molecule has 0 saturated carbocycles. The van der Waals surface area contributed by atoms with Crippen molar-refractivity contribution in [1.29, 1.82) is 0 Å². The SMILES string of the molecule is O=C(N[C@H](Cc1ccc(C(F)F)cc1)C(=O)O)OCC1c2ccccc2-c2ccccc21. The van der Waals surface area contributed by atoms with E-state index in [2.05, 4.69) is 5.32 Å². The Morgan fingerprint density at radius 2 is 1.47 bits per heavy atom. The van der Waals surface area contributed by atoms with E-state index in [1.54, 1.807) is 0 Å². The van der Waals surface area contributed by atoms with Crippen molar-refractivity contribution in [2.45, 2.75) is 24.8 Å². The lowest BCUT2D eigenvalue weighted by Crippen LogP contribution is -2.42. The van der Waals surface area contributed by atoms with Crippen molar-refractivity contribution in [3.05, 3.63) is 95.1 Å². The lowest BCUT2D eigenvalue weighted by atomic mass is 9.98. The van der Waals surface area contributed by atoms with Gasteiger partial charge in [0.2, 0.25) is 0 Å². The molecule has 1 amide bonds. The third-order valence-electron chi connectivity index (χ3n) is 5.61. The number of carboxylic acids is 1. The van der Waals surface area contributed by atoms with Gasteiger partial charge in [0.15, 0.2) is 0 Å². The molecule has 1 aliphatic rings. The molecule has 0 heterocycles. The summed E-state index contributed by atoms with van der Waals surface area (Å²) in [6.07, 6.45) is -3.50. The van der Waals surface area contributed by atoms with E-state index in [-0.39, 0.29) is 24.5 Å². The van der Waals surface area contributed by atoms with Crippen LogP contribution in [0.25, 0.3) is 11.1 Å². The van der Waals surface area contributed by atoms with Crippen LogP contribution in [0.1, 0.15) is 34.6 Å². The summed E-state index contributed by atoms with van der Waals surface area (Å²) in [5.74, 6) is -1.38. The molecule has 4 rings (SSSR count). The number of halogens is 2. The normalized spacial score (nSPS) is 13.3. The Balaban J connectivity index is 1.41. The molecule has 0 saturated heterocycles. The zero-order valence-electron chi connectivity index (χ0n) is 17.0. The van der Waals surface area contributed by atoms with Gasteiger partial charge < -0.3 is 15.2 Å². The first-order valence-electron chi connectivity index (χ1n) is 10.2. The molecule has 3 aromatic carbocycles. The van der Waals surface area contributed by atoms with E-state index in [9.17, 15) is 23.5 Å². The number of hydrogen-bond donors (Lipinski definition) is 2. The number of rotatable bonds is 7. The molecule has 164 valence electrons. The van der Waals surface area contributed by atoms with Gasteiger partial charge in [-0.15, -0.1) is 0 Å². The largest absolute Gasteiger partial charge is 0.480 e. The third-order valence-corrected chi connectivity index (χ3v) is 5.61. The van der Waals surface area contributed by atoms with Crippen LogP contribution in [0.3, 0.4) is 0 Å². The van der Waals surface area contributed by atoms with E-state index in [1.807, 2.05) is 48.5 Å². The molecule has 7 heteroatoms. The van der Waals surface area contributed by atoms with E-state index in [0.717, 1.165) is 22.3 Å². The third kappa shape index (κ3) is 4.46. The summed E-state index contributed by atoms with van der Waals surface area (Å²) in [4.78, 5) is 24.0. The highest BCUT2D eigenvalue weighted by Gasteiger charge is 2.29. The molecule has 5 nitrogen and oxygen atoms in total. The Hall–Kier alpha value is -3.74. The number of benzene rings is 3. The first-order chi connectivity index (χ1) is 15.4. The molecule has 0 radical (unpaired) electrons. The molecule has 2 N–H and O–H groups in total. The highest BCUT2D eigenvalue weighted by atomic mass is 19.3. The Labute approximate surface area is 183 Å². The molecular formula is C25H21F2NO4.